The first-order valence-electron chi connectivity index (χ1n) is 11.9. The minimum Gasteiger partial charge on any atom is -0.353 e. The molecule has 4 rings (SSSR count). The van der Waals surface area contributed by atoms with Crippen molar-refractivity contribution in [1.29, 1.82) is 0 Å². The smallest absolute Gasteiger partial charge is 0.225 e. The molecule has 2 aliphatic rings. The molecule has 1 aliphatic carbocycles. The molecule has 0 bridgehead atoms. The molecule has 0 N–H and O–H groups in total. The molecular weight excluding hydrogens is 384 g/mol. The zero-order valence-electron chi connectivity index (χ0n) is 19.6. The van der Waals surface area contributed by atoms with Crippen molar-refractivity contribution in [2.45, 2.75) is 66.2 Å². The van der Waals surface area contributed by atoms with Crippen molar-refractivity contribution < 1.29 is 4.79 Å². The molecular formula is C26H36N4O. The fourth-order valence-corrected chi connectivity index (χ4v) is 5.11. The van der Waals surface area contributed by atoms with Gasteiger partial charge in [-0.05, 0) is 51.7 Å². The minimum atomic E-state index is 0.253. The van der Waals surface area contributed by atoms with Gasteiger partial charge < -0.3 is 9.80 Å². The largest absolute Gasteiger partial charge is 0.353 e. The molecule has 5 heteroatoms. The van der Waals surface area contributed by atoms with Gasteiger partial charge >= 0.3 is 0 Å². The van der Waals surface area contributed by atoms with E-state index in [1.165, 1.54) is 41.5 Å². The third-order valence-corrected chi connectivity index (χ3v) is 7.02. The first-order chi connectivity index (χ1) is 14.9. The quantitative estimate of drug-likeness (QED) is 0.729. The summed E-state index contributed by atoms with van der Waals surface area (Å²) in [5, 5.41) is 0. The number of amides is 1. The average molecular weight is 421 g/mol. The molecule has 0 radical (unpaired) electrons. The van der Waals surface area contributed by atoms with Gasteiger partial charge in [0.25, 0.3) is 0 Å². The molecule has 2 fully saturated rings. The lowest BCUT2D eigenvalue weighted by molar-refractivity contribution is -0.136. The second kappa shape index (κ2) is 9.37. The van der Waals surface area contributed by atoms with Crippen LogP contribution in [0, 0.1) is 33.6 Å². The van der Waals surface area contributed by atoms with Crippen molar-refractivity contribution in [1.82, 2.24) is 14.9 Å². The number of aromatic nitrogens is 2. The van der Waals surface area contributed by atoms with Crippen molar-refractivity contribution >= 4 is 11.7 Å². The number of piperazine rings is 1. The molecule has 0 unspecified atom stereocenters. The zero-order valence-corrected chi connectivity index (χ0v) is 19.6. The Labute approximate surface area is 186 Å². The molecule has 2 heterocycles. The highest BCUT2D eigenvalue weighted by atomic mass is 16.2. The molecule has 5 nitrogen and oxygen atoms in total. The molecule has 31 heavy (non-hydrogen) atoms. The van der Waals surface area contributed by atoms with Crippen LogP contribution in [0.15, 0.2) is 18.2 Å². The Balaban J connectivity index is 1.52. The number of rotatable bonds is 4. The Hall–Kier alpha value is -2.43. The fraction of sp³-hybridized carbons (Fsp3) is 0.577. The summed E-state index contributed by atoms with van der Waals surface area (Å²) in [6.07, 6.45) is 6.69. The van der Waals surface area contributed by atoms with Crippen LogP contribution < -0.4 is 4.90 Å². The van der Waals surface area contributed by atoms with Crippen molar-refractivity contribution in [3.05, 3.63) is 52.0 Å². The predicted octanol–water partition coefficient (Wildman–Crippen LogP) is 4.53. The van der Waals surface area contributed by atoms with Gasteiger partial charge in [0.05, 0.1) is 0 Å². The summed E-state index contributed by atoms with van der Waals surface area (Å²) in [5.41, 5.74) is 6.19. The van der Waals surface area contributed by atoms with Gasteiger partial charge in [-0.1, -0.05) is 43.0 Å². The lowest BCUT2D eigenvalue weighted by Gasteiger charge is -2.38. The summed E-state index contributed by atoms with van der Waals surface area (Å²) < 4.78 is 0. The summed E-state index contributed by atoms with van der Waals surface area (Å²) >= 11 is 0. The number of aryl methyl sites for hydroxylation is 4. The van der Waals surface area contributed by atoms with Gasteiger partial charge in [-0.3, -0.25) is 4.79 Å². The number of anilines is 1. The van der Waals surface area contributed by atoms with Gasteiger partial charge in [-0.25, -0.2) is 9.97 Å². The molecule has 1 aliphatic heterocycles. The molecule has 2 aromatic rings. The number of carbonyl (C=O) groups excluding carboxylic acids is 1. The van der Waals surface area contributed by atoms with Crippen molar-refractivity contribution in [3.8, 4) is 0 Å². The first kappa shape index (κ1) is 21.8. The summed E-state index contributed by atoms with van der Waals surface area (Å²) in [5.74, 6) is 2.50. The van der Waals surface area contributed by atoms with Crippen LogP contribution in [-0.4, -0.2) is 47.0 Å². The van der Waals surface area contributed by atoms with Crippen LogP contribution in [0.25, 0.3) is 0 Å². The normalized spacial score (nSPS) is 17.8. The minimum absolute atomic E-state index is 0.253. The highest BCUT2D eigenvalue weighted by molar-refractivity contribution is 5.79. The number of hydrogen-bond donors (Lipinski definition) is 0. The number of hydrogen-bond acceptors (Lipinski definition) is 4. The van der Waals surface area contributed by atoms with E-state index >= 15 is 0 Å². The monoisotopic (exact) mass is 420 g/mol. The van der Waals surface area contributed by atoms with Crippen LogP contribution in [0.4, 0.5) is 5.82 Å². The van der Waals surface area contributed by atoms with Gasteiger partial charge in [0, 0.05) is 49.8 Å². The lowest BCUT2D eigenvalue weighted by atomic mass is 9.88. The topological polar surface area (TPSA) is 49.3 Å². The third kappa shape index (κ3) is 4.91. The number of benzene rings is 1. The van der Waals surface area contributed by atoms with E-state index in [0.717, 1.165) is 62.8 Å². The van der Waals surface area contributed by atoms with E-state index in [-0.39, 0.29) is 5.92 Å². The lowest BCUT2D eigenvalue weighted by Crippen LogP contribution is -2.51. The van der Waals surface area contributed by atoms with Crippen molar-refractivity contribution in [2.75, 3.05) is 31.1 Å². The van der Waals surface area contributed by atoms with Crippen LogP contribution in [0.1, 0.15) is 65.9 Å². The molecule has 1 aromatic heterocycles. The molecule has 166 valence electrons. The molecule has 1 saturated carbocycles. The molecule has 1 aromatic carbocycles. The maximum Gasteiger partial charge on any atom is 0.225 e. The fourth-order valence-electron chi connectivity index (χ4n) is 5.11. The summed E-state index contributed by atoms with van der Waals surface area (Å²) in [6, 6.07) is 6.64. The summed E-state index contributed by atoms with van der Waals surface area (Å²) in [7, 11) is 0. The van der Waals surface area contributed by atoms with Crippen molar-refractivity contribution in [2.24, 2.45) is 5.92 Å². The maximum absolute atomic E-state index is 13.0. The average Bonchev–Trinajstić information content (AvgIpc) is 2.78. The standard InChI is InChI=1S/C26H36N4O/c1-18-10-11-19(2)23(16-18)17-24-20(3)27-21(4)28-25(24)29-12-14-30(15-13-29)26(31)22-8-6-5-7-9-22/h10-11,16,22H,5-9,12-15,17H2,1-4H3. The second-order valence-electron chi connectivity index (χ2n) is 9.41. The maximum atomic E-state index is 13.0. The SMILES string of the molecule is Cc1ccc(C)c(Cc2c(C)nc(C)nc2N2CCN(C(=O)C3CCCCC3)CC2)c1. The molecule has 1 saturated heterocycles. The third-order valence-electron chi connectivity index (χ3n) is 7.02. The van der Waals surface area contributed by atoms with E-state index < -0.39 is 0 Å². The molecule has 1 amide bonds. The number of nitrogens with zero attached hydrogens (tertiary/aromatic N) is 4. The highest BCUT2D eigenvalue weighted by Gasteiger charge is 2.29. The van der Waals surface area contributed by atoms with Gasteiger partial charge in [0.15, 0.2) is 0 Å². The Bertz CT molecular complexity index is 941. The van der Waals surface area contributed by atoms with E-state index in [1.54, 1.807) is 0 Å². The molecule has 0 atom stereocenters. The van der Waals surface area contributed by atoms with Crippen molar-refractivity contribution in [3.63, 3.8) is 0 Å². The molecule has 0 spiro atoms. The number of carbonyl (C=O) groups is 1. The van der Waals surface area contributed by atoms with E-state index in [2.05, 4.69) is 53.8 Å². The van der Waals surface area contributed by atoms with Gasteiger partial charge in [-0.15, -0.1) is 0 Å². The summed E-state index contributed by atoms with van der Waals surface area (Å²) in [4.78, 5) is 27.0. The van der Waals surface area contributed by atoms with Crippen LogP contribution in [-0.2, 0) is 11.2 Å². The Morgan fingerprint density at radius 1 is 0.968 bits per heavy atom. The van der Waals surface area contributed by atoms with Crippen LogP contribution in [0.5, 0.6) is 0 Å². The van der Waals surface area contributed by atoms with Gasteiger partial charge in [0.1, 0.15) is 11.6 Å². The van der Waals surface area contributed by atoms with Crippen LogP contribution in [0.2, 0.25) is 0 Å². The summed E-state index contributed by atoms with van der Waals surface area (Å²) in [6.45, 7) is 11.7. The highest BCUT2D eigenvalue weighted by Crippen LogP contribution is 2.29. The van der Waals surface area contributed by atoms with E-state index in [9.17, 15) is 4.79 Å². The van der Waals surface area contributed by atoms with Gasteiger partial charge in [-0.2, -0.15) is 0 Å². The van der Waals surface area contributed by atoms with E-state index in [4.69, 9.17) is 4.98 Å². The zero-order chi connectivity index (χ0) is 22.0. The first-order valence-corrected chi connectivity index (χ1v) is 11.9. The predicted molar refractivity (Wildman–Crippen MR) is 126 cm³/mol. The Kier molecular flexibility index (Phi) is 6.59. The Morgan fingerprint density at radius 2 is 1.68 bits per heavy atom. The Morgan fingerprint density at radius 3 is 2.39 bits per heavy atom. The van der Waals surface area contributed by atoms with Gasteiger partial charge in [0.2, 0.25) is 5.91 Å². The van der Waals surface area contributed by atoms with Crippen LogP contribution >= 0.6 is 0 Å². The van der Waals surface area contributed by atoms with Crippen LogP contribution in [0.3, 0.4) is 0 Å². The van der Waals surface area contributed by atoms with E-state index in [0.29, 0.717) is 5.91 Å². The van der Waals surface area contributed by atoms with E-state index in [1.807, 2.05) is 6.92 Å². The second-order valence-corrected chi connectivity index (χ2v) is 9.41.